The van der Waals surface area contributed by atoms with Gasteiger partial charge >= 0.3 is 0 Å². The van der Waals surface area contributed by atoms with E-state index in [4.69, 9.17) is 16.2 Å². The number of aliphatic hydroxyl groups is 4. The van der Waals surface area contributed by atoms with Crippen LogP contribution in [0, 0.1) is 11.8 Å². The molecular formula is C15H29N3O8. The molecule has 2 amide bonds. The Kier molecular flexibility index (Phi) is 8.34. The quantitative estimate of drug-likeness (QED) is 0.263. The van der Waals surface area contributed by atoms with E-state index in [9.17, 15) is 30.0 Å². The van der Waals surface area contributed by atoms with Crippen molar-refractivity contribution >= 4 is 11.8 Å². The Morgan fingerprint density at radius 1 is 0.962 bits per heavy atom. The number of carbonyl (C=O) groups excluding carboxylic acids is 2. The molecule has 0 saturated carbocycles. The normalized spacial score (nSPS) is 38.4. The first-order chi connectivity index (χ1) is 11.7. The second-order valence-corrected chi connectivity index (χ2v) is 6.85. The van der Waals surface area contributed by atoms with Crippen molar-refractivity contribution in [3.63, 3.8) is 0 Å². The Morgan fingerprint density at radius 3 is 1.92 bits per heavy atom. The SMILES string of the molecule is NC(=O)[C@@H]1C[C@H](C(N)=O)CN(CC[C@H]2O[C@@H](CO)[C@H](O)[C@@H](O)[C@@H]2O)C1.O. The van der Waals surface area contributed by atoms with Crippen LogP contribution in [0.2, 0.25) is 0 Å². The molecule has 2 aliphatic rings. The highest BCUT2D eigenvalue weighted by molar-refractivity contribution is 5.80. The van der Waals surface area contributed by atoms with Crippen molar-refractivity contribution in [2.45, 2.75) is 43.4 Å². The highest BCUT2D eigenvalue weighted by atomic mass is 16.5. The summed E-state index contributed by atoms with van der Waals surface area (Å²) in [5.41, 5.74) is 10.7. The second-order valence-electron chi connectivity index (χ2n) is 6.85. The summed E-state index contributed by atoms with van der Waals surface area (Å²) in [5, 5.41) is 38.8. The van der Waals surface area contributed by atoms with E-state index in [0.29, 0.717) is 26.1 Å². The fraction of sp³-hybridized carbons (Fsp3) is 0.867. The van der Waals surface area contributed by atoms with Gasteiger partial charge in [0.2, 0.25) is 11.8 Å². The molecule has 152 valence electrons. The number of primary amides is 2. The van der Waals surface area contributed by atoms with Crippen LogP contribution in [-0.4, -0.2) is 99.4 Å². The molecule has 0 radical (unpaired) electrons. The van der Waals surface area contributed by atoms with E-state index in [-0.39, 0.29) is 11.9 Å². The van der Waals surface area contributed by atoms with E-state index in [1.165, 1.54) is 0 Å². The van der Waals surface area contributed by atoms with Gasteiger partial charge < -0.3 is 47.0 Å². The lowest BCUT2D eigenvalue weighted by Crippen LogP contribution is -2.59. The summed E-state index contributed by atoms with van der Waals surface area (Å²) in [4.78, 5) is 24.8. The Balaban J connectivity index is 0.00000338. The van der Waals surface area contributed by atoms with Crippen LogP contribution in [0.5, 0.6) is 0 Å². The highest BCUT2D eigenvalue weighted by Gasteiger charge is 2.43. The molecule has 2 saturated heterocycles. The third-order valence-corrected chi connectivity index (χ3v) is 5.05. The number of hydrogen-bond acceptors (Lipinski definition) is 8. The number of nitrogens with zero attached hydrogens (tertiary/aromatic N) is 1. The zero-order valence-corrected chi connectivity index (χ0v) is 14.4. The molecule has 11 nitrogen and oxygen atoms in total. The smallest absolute Gasteiger partial charge is 0.221 e. The largest absolute Gasteiger partial charge is 0.412 e. The maximum atomic E-state index is 11.5. The molecule has 10 N–H and O–H groups in total. The average Bonchev–Trinajstić information content (AvgIpc) is 2.58. The molecule has 0 aromatic carbocycles. The van der Waals surface area contributed by atoms with E-state index in [2.05, 4.69) is 0 Å². The standard InChI is InChI=1S/C15H27N3O7.H2O/c16-14(23)7-3-8(15(17)24)5-18(4-7)2-1-9-11(20)13(22)12(21)10(6-19)25-9;/h7-13,19-22H,1-6H2,(H2,16,23)(H2,17,24);1H2/t7-,8+,9-,10+,11-,12+,13+;/m1./s1. The molecule has 2 fully saturated rings. The van der Waals surface area contributed by atoms with Crippen LogP contribution in [0.1, 0.15) is 12.8 Å². The number of rotatable bonds is 6. The first kappa shape index (κ1) is 22.7. The number of carbonyl (C=O) groups is 2. The van der Waals surface area contributed by atoms with Gasteiger partial charge in [0.25, 0.3) is 0 Å². The Morgan fingerprint density at radius 2 is 1.46 bits per heavy atom. The number of nitrogens with two attached hydrogens (primary N) is 2. The maximum absolute atomic E-state index is 11.5. The molecule has 2 heterocycles. The molecule has 26 heavy (non-hydrogen) atoms. The number of piperidine rings is 1. The van der Waals surface area contributed by atoms with E-state index in [1.54, 1.807) is 0 Å². The van der Waals surface area contributed by atoms with Crippen molar-refractivity contribution in [2.24, 2.45) is 23.3 Å². The Bertz CT molecular complexity index is 470. The lowest BCUT2D eigenvalue weighted by atomic mass is 9.87. The molecule has 0 unspecified atom stereocenters. The van der Waals surface area contributed by atoms with Gasteiger partial charge in [-0.15, -0.1) is 0 Å². The topological polar surface area (TPSA) is 211 Å². The number of ether oxygens (including phenoxy) is 1. The van der Waals surface area contributed by atoms with Gasteiger partial charge in [0.15, 0.2) is 0 Å². The van der Waals surface area contributed by atoms with E-state index in [1.807, 2.05) is 4.90 Å². The summed E-state index contributed by atoms with van der Waals surface area (Å²) in [6, 6.07) is 0. The first-order valence-corrected chi connectivity index (χ1v) is 8.36. The maximum Gasteiger partial charge on any atom is 0.221 e. The molecule has 0 bridgehead atoms. The molecule has 2 aliphatic heterocycles. The summed E-state index contributed by atoms with van der Waals surface area (Å²) in [6.07, 6.45) is -5.28. The van der Waals surface area contributed by atoms with Gasteiger partial charge in [-0.2, -0.15) is 0 Å². The van der Waals surface area contributed by atoms with E-state index >= 15 is 0 Å². The Labute approximate surface area is 150 Å². The van der Waals surface area contributed by atoms with Gasteiger partial charge in [-0.05, 0) is 12.8 Å². The first-order valence-electron chi connectivity index (χ1n) is 8.36. The molecule has 2 rings (SSSR count). The molecule has 0 spiro atoms. The van der Waals surface area contributed by atoms with Crippen LogP contribution in [0.3, 0.4) is 0 Å². The van der Waals surface area contributed by atoms with Gasteiger partial charge in [0.1, 0.15) is 24.4 Å². The summed E-state index contributed by atoms with van der Waals surface area (Å²) in [6.45, 7) is 0.627. The number of hydrogen-bond donors (Lipinski definition) is 6. The zero-order valence-electron chi connectivity index (χ0n) is 14.4. The average molecular weight is 379 g/mol. The minimum atomic E-state index is -1.42. The molecular weight excluding hydrogens is 350 g/mol. The van der Waals surface area contributed by atoms with Crippen molar-refractivity contribution < 1.29 is 40.2 Å². The number of aliphatic hydroxyl groups excluding tert-OH is 4. The summed E-state index contributed by atoms with van der Waals surface area (Å²) in [7, 11) is 0. The minimum absolute atomic E-state index is 0. The molecule has 0 aromatic rings. The fourth-order valence-corrected chi connectivity index (χ4v) is 3.51. The minimum Gasteiger partial charge on any atom is -0.412 e. The van der Waals surface area contributed by atoms with Crippen LogP contribution >= 0.6 is 0 Å². The van der Waals surface area contributed by atoms with Crippen LogP contribution in [0.15, 0.2) is 0 Å². The lowest BCUT2D eigenvalue weighted by molar-refractivity contribution is -0.231. The van der Waals surface area contributed by atoms with Crippen LogP contribution < -0.4 is 11.5 Å². The van der Waals surface area contributed by atoms with Crippen molar-refractivity contribution in [1.29, 1.82) is 0 Å². The van der Waals surface area contributed by atoms with Crippen molar-refractivity contribution in [3.05, 3.63) is 0 Å². The molecule has 7 atom stereocenters. The van der Waals surface area contributed by atoms with Crippen LogP contribution in [0.4, 0.5) is 0 Å². The van der Waals surface area contributed by atoms with Gasteiger partial charge in [-0.1, -0.05) is 0 Å². The van der Waals surface area contributed by atoms with Gasteiger partial charge in [0.05, 0.1) is 24.5 Å². The van der Waals surface area contributed by atoms with Crippen molar-refractivity contribution in [1.82, 2.24) is 4.90 Å². The zero-order chi connectivity index (χ0) is 18.7. The molecule has 0 aliphatic carbocycles. The predicted molar refractivity (Wildman–Crippen MR) is 88.4 cm³/mol. The molecule has 0 aromatic heterocycles. The predicted octanol–water partition coefficient (Wildman–Crippen LogP) is -4.70. The summed E-state index contributed by atoms with van der Waals surface area (Å²) in [5.74, 6) is -1.96. The summed E-state index contributed by atoms with van der Waals surface area (Å²) < 4.78 is 5.45. The van der Waals surface area contributed by atoms with E-state index < -0.39 is 60.8 Å². The highest BCUT2D eigenvalue weighted by Crippen LogP contribution is 2.26. The monoisotopic (exact) mass is 379 g/mol. The Hall–Kier alpha value is -1.34. The van der Waals surface area contributed by atoms with Gasteiger partial charge in [-0.3, -0.25) is 9.59 Å². The van der Waals surface area contributed by atoms with Crippen molar-refractivity contribution in [2.75, 3.05) is 26.2 Å². The third kappa shape index (κ3) is 5.10. The van der Waals surface area contributed by atoms with Crippen LogP contribution in [0.25, 0.3) is 0 Å². The van der Waals surface area contributed by atoms with Gasteiger partial charge in [0, 0.05) is 19.6 Å². The van der Waals surface area contributed by atoms with E-state index in [0.717, 1.165) is 0 Å². The second kappa shape index (κ2) is 9.55. The number of amides is 2. The summed E-state index contributed by atoms with van der Waals surface area (Å²) >= 11 is 0. The van der Waals surface area contributed by atoms with Crippen LogP contribution in [-0.2, 0) is 14.3 Å². The lowest BCUT2D eigenvalue weighted by Gasteiger charge is -2.41. The fourth-order valence-electron chi connectivity index (χ4n) is 3.51. The third-order valence-electron chi connectivity index (χ3n) is 5.05. The molecule has 11 heteroatoms. The van der Waals surface area contributed by atoms with Gasteiger partial charge in [-0.25, -0.2) is 0 Å². The van der Waals surface area contributed by atoms with Crippen molar-refractivity contribution in [3.8, 4) is 0 Å². The number of likely N-dealkylation sites (tertiary alicyclic amines) is 1.